The summed E-state index contributed by atoms with van der Waals surface area (Å²) in [4.78, 5) is 2.26. The third kappa shape index (κ3) is 4.68. The summed E-state index contributed by atoms with van der Waals surface area (Å²) >= 11 is 6.69. The molecule has 5 heteroatoms. The Bertz CT molecular complexity index is 282. The lowest BCUT2D eigenvalue weighted by atomic mass is 10.4. The fraction of sp³-hybridized carbons (Fsp3) is 0.600. The van der Waals surface area contributed by atoms with Crippen molar-refractivity contribution in [1.82, 2.24) is 10.2 Å². The Labute approximate surface area is 107 Å². The standard InChI is InChI=1S/C10H16Br2N2O/c1-3-14(2)5-4-13-7-8-6-9(11)10(12)15-8/h6,13H,3-5,7H2,1-2H3. The second-order valence-corrected chi connectivity index (χ2v) is 4.98. The van der Waals surface area contributed by atoms with Gasteiger partial charge in [-0.15, -0.1) is 0 Å². The number of hydrogen-bond donors (Lipinski definition) is 1. The van der Waals surface area contributed by atoms with Crippen molar-refractivity contribution in [2.24, 2.45) is 0 Å². The number of nitrogens with one attached hydrogen (secondary N) is 1. The van der Waals surface area contributed by atoms with E-state index in [2.05, 4.69) is 56.0 Å². The molecule has 0 fully saturated rings. The van der Waals surface area contributed by atoms with Crippen LogP contribution in [-0.2, 0) is 6.54 Å². The molecule has 0 aliphatic rings. The summed E-state index contributed by atoms with van der Waals surface area (Å²) < 4.78 is 7.16. The Morgan fingerprint density at radius 3 is 2.73 bits per heavy atom. The zero-order valence-electron chi connectivity index (χ0n) is 9.02. The molecule has 0 aromatic carbocycles. The van der Waals surface area contributed by atoms with Crippen LogP contribution in [0.2, 0.25) is 0 Å². The van der Waals surface area contributed by atoms with Crippen molar-refractivity contribution >= 4 is 31.9 Å². The van der Waals surface area contributed by atoms with E-state index in [-0.39, 0.29) is 0 Å². The SMILES string of the molecule is CCN(C)CCNCc1cc(Br)c(Br)o1. The maximum absolute atomic E-state index is 5.44. The maximum atomic E-state index is 5.44. The maximum Gasteiger partial charge on any atom is 0.183 e. The monoisotopic (exact) mass is 338 g/mol. The largest absolute Gasteiger partial charge is 0.452 e. The molecule has 1 N–H and O–H groups in total. The van der Waals surface area contributed by atoms with Gasteiger partial charge in [-0.05, 0) is 51.5 Å². The van der Waals surface area contributed by atoms with E-state index in [1.54, 1.807) is 0 Å². The lowest BCUT2D eigenvalue weighted by Crippen LogP contribution is -2.28. The Morgan fingerprint density at radius 1 is 1.47 bits per heavy atom. The third-order valence-corrected chi connectivity index (χ3v) is 3.92. The fourth-order valence-corrected chi connectivity index (χ4v) is 1.78. The highest BCUT2D eigenvalue weighted by Crippen LogP contribution is 2.26. The first-order chi connectivity index (χ1) is 7.13. The van der Waals surface area contributed by atoms with E-state index in [0.717, 1.165) is 41.1 Å². The van der Waals surface area contributed by atoms with Crippen molar-refractivity contribution in [2.45, 2.75) is 13.5 Å². The van der Waals surface area contributed by atoms with Crippen LogP contribution in [0.4, 0.5) is 0 Å². The summed E-state index contributed by atoms with van der Waals surface area (Å²) in [6.07, 6.45) is 0. The topological polar surface area (TPSA) is 28.4 Å². The van der Waals surface area contributed by atoms with Crippen molar-refractivity contribution < 1.29 is 4.42 Å². The minimum atomic E-state index is 0.755. The summed E-state index contributed by atoms with van der Waals surface area (Å²) in [6, 6.07) is 1.97. The molecule has 0 spiro atoms. The van der Waals surface area contributed by atoms with Gasteiger partial charge in [0.1, 0.15) is 5.76 Å². The second-order valence-electron chi connectivity index (χ2n) is 3.41. The van der Waals surface area contributed by atoms with E-state index in [1.807, 2.05) is 6.07 Å². The van der Waals surface area contributed by atoms with Gasteiger partial charge in [0, 0.05) is 13.1 Å². The lowest BCUT2D eigenvalue weighted by molar-refractivity contribution is 0.345. The average Bonchev–Trinajstić information content (AvgIpc) is 2.53. The second kappa shape index (κ2) is 6.68. The van der Waals surface area contributed by atoms with Crippen molar-refractivity contribution in [2.75, 3.05) is 26.7 Å². The molecule has 0 radical (unpaired) electrons. The molecule has 0 aliphatic heterocycles. The van der Waals surface area contributed by atoms with Crippen molar-refractivity contribution in [3.63, 3.8) is 0 Å². The summed E-state index contributed by atoms with van der Waals surface area (Å²) in [7, 11) is 2.11. The van der Waals surface area contributed by atoms with Crippen molar-refractivity contribution in [1.29, 1.82) is 0 Å². The van der Waals surface area contributed by atoms with E-state index in [0.29, 0.717) is 0 Å². The quantitative estimate of drug-likeness (QED) is 0.808. The lowest BCUT2D eigenvalue weighted by Gasteiger charge is -2.13. The molecule has 15 heavy (non-hydrogen) atoms. The molecule has 1 rings (SSSR count). The van der Waals surface area contributed by atoms with E-state index in [9.17, 15) is 0 Å². The van der Waals surface area contributed by atoms with Crippen LogP contribution >= 0.6 is 31.9 Å². The number of furan rings is 1. The molecule has 0 atom stereocenters. The zero-order chi connectivity index (χ0) is 11.3. The van der Waals surface area contributed by atoms with Gasteiger partial charge in [0.05, 0.1) is 11.0 Å². The Morgan fingerprint density at radius 2 is 2.20 bits per heavy atom. The number of hydrogen-bond acceptors (Lipinski definition) is 3. The first-order valence-electron chi connectivity index (χ1n) is 4.96. The molecule has 0 saturated carbocycles. The van der Waals surface area contributed by atoms with Crippen LogP contribution in [0.1, 0.15) is 12.7 Å². The van der Waals surface area contributed by atoms with Crippen molar-refractivity contribution in [3.05, 3.63) is 21.0 Å². The highest BCUT2D eigenvalue weighted by Gasteiger charge is 2.05. The third-order valence-electron chi connectivity index (χ3n) is 2.21. The Kier molecular flexibility index (Phi) is 5.89. The minimum absolute atomic E-state index is 0.755. The number of nitrogens with zero attached hydrogens (tertiary/aromatic N) is 1. The van der Waals surface area contributed by atoms with E-state index >= 15 is 0 Å². The first kappa shape index (κ1) is 13.2. The molecule has 0 unspecified atom stereocenters. The van der Waals surface area contributed by atoms with Crippen molar-refractivity contribution in [3.8, 4) is 0 Å². The van der Waals surface area contributed by atoms with Gasteiger partial charge in [-0.3, -0.25) is 0 Å². The Balaban J connectivity index is 2.20. The van der Waals surface area contributed by atoms with Gasteiger partial charge in [0.15, 0.2) is 4.67 Å². The van der Waals surface area contributed by atoms with Crippen LogP contribution in [0.25, 0.3) is 0 Å². The van der Waals surface area contributed by atoms with E-state index in [4.69, 9.17) is 4.42 Å². The van der Waals surface area contributed by atoms with Gasteiger partial charge in [0.2, 0.25) is 0 Å². The highest BCUT2D eigenvalue weighted by molar-refractivity contribution is 9.13. The fourth-order valence-electron chi connectivity index (χ4n) is 1.12. The molecule has 0 saturated heterocycles. The predicted molar refractivity (Wildman–Crippen MR) is 69.0 cm³/mol. The average molecular weight is 340 g/mol. The molecule has 1 aromatic heterocycles. The molecule has 1 heterocycles. The number of halogens is 2. The molecule has 86 valence electrons. The molecule has 0 bridgehead atoms. The van der Waals surface area contributed by atoms with Crippen LogP contribution in [0.15, 0.2) is 19.6 Å². The van der Waals surface area contributed by atoms with Crippen LogP contribution in [0.3, 0.4) is 0 Å². The van der Waals surface area contributed by atoms with E-state index in [1.165, 1.54) is 0 Å². The molecule has 0 aliphatic carbocycles. The summed E-state index contributed by atoms with van der Waals surface area (Å²) in [6.45, 7) is 6.03. The van der Waals surface area contributed by atoms with Crippen LogP contribution < -0.4 is 5.32 Å². The minimum Gasteiger partial charge on any atom is -0.452 e. The number of rotatable bonds is 6. The summed E-state index contributed by atoms with van der Waals surface area (Å²) in [5, 5.41) is 3.33. The van der Waals surface area contributed by atoms with Crippen LogP contribution in [0.5, 0.6) is 0 Å². The van der Waals surface area contributed by atoms with Gasteiger partial charge >= 0.3 is 0 Å². The summed E-state index contributed by atoms with van der Waals surface area (Å²) in [5.41, 5.74) is 0. The van der Waals surface area contributed by atoms with Crippen LogP contribution in [0, 0.1) is 0 Å². The van der Waals surface area contributed by atoms with Crippen LogP contribution in [-0.4, -0.2) is 31.6 Å². The number of likely N-dealkylation sites (N-methyl/N-ethyl adjacent to an activating group) is 1. The van der Waals surface area contributed by atoms with Gasteiger partial charge in [-0.1, -0.05) is 6.92 Å². The normalized spacial score (nSPS) is 11.3. The first-order valence-corrected chi connectivity index (χ1v) is 6.55. The molecule has 0 amide bonds. The van der Waals surface area contributed by atoms with E-state index < -0.39 is 0 Å². The van der Waals surface area contributed by atoms with Gasteiger partial charge in [0.25, 0.3) is 0 Å². The molecular weight excluding hydrogens is 324 g/mol. The summed E-state index contributed by atoms with van der Waals surface area (Å²) in [5.74, 6) is 0.938. The zero-order valence-corrected chi connectivity index (χ0v) is 12.2. The molecule has 1 aromatic rings. The van der Waals surface area contributed by atoms with Gasteiger partial charge in [-0.25, -0.2) is 0 Å². The smallest absolute Gasteiger partial charge is 0.183 e. The predicted octanol–water partition coefficient (Wildman–Crippen LogP) is 2.85. The van der Waals surface area contributed by atoms with Gasteiger partial charge in [-0.2, -0.15) is 0 Å². The Hall–Kier alpha value is 0.160. The highest BCUT2D eigenvalue weighted by atomic mass is 79.9. The molecule has 3 nitrogen and oxygen atoms in total. The van der Waals surface area contributed by atoms with Gasteiger partial charge < -0.3 is 14.6 Å². The molecular formula is C10H16Br2N2O.